The Morgan fingerprint density at radius 3 is 2.60 bits per heavy atom. The Morgan fingerprint density at radius 2 is 1.90 bits per heavy atom. The monoisotopic (exact) mass is 290 g/mol. The molecule has 0 unspecified atom stereocenters. The molecule has 1 saturated heterocycles. The van der Waals surface area contributed by atoms with Gasteiger partial charge in [0.2, 0.25) is 5.91 Å². The molecule has 5 heteroatoms. The van der Waals surface area contributed by atoms with Gasteiger partial charge in [0.1, 0.15) is 0 Å². The third-order valence-corrected chi connectivity index (χ3v) is 3.47. The molecule has 2 aromatic rings. The van der Waals surface area contributed by atoms with Crippen LogP contribution in [0.25, 0.3) is 11.1 Å². The van der Waals surface area contributed by atoms with E-state index < -0.39 is 5.82 Å². The van der Waals surface area contributed by atoms with E-state index >= 15 is 0 Å². The summed E-state index contributed by atoms with van der Waals surface area (Å²) in [5.41, 5.74) is 1.14. The van der Waals surface area contributed by atoms with Gasteiger partial charge in [-0.05, 0) is 12.1 Å². The number of amides is 1. The normalized spacial score (nSPS) is 16.8. The van der Waals surface area contributed by atoms with E-state index in [4.69, 9.17) is 11.6 Å². The van der Waals surface area contributed by atoms with Gasteiger partial charge in [0.15, 0.2) is 5.82 Å². The van der Waals surface area contributed by atoms with Crippen molar-refractivity contribution in [3.8, 4) is 11.1 Å². The summed E-state index contributed by atoms with van der Waals surface area (Å²) in [6, 6.07) is 11.7. The van der Waals surface area contributed by atoms with Crippen molar-refractivity contribution in [2.75, 3.05) is 11.9 Å². The fourth-order valence-electron chi connectivity index (χ4n) is 1.98. The van der Waals surface area contributed by atoms with E-state index in [-0.39, 0.29) is 17.6 Å². The highest BCUT2D eigenvalue weighted by Crippen LogP contribution is 2.32. The predicted molar refractivity (Wildman–Crippen MR) is 77.3 cm³/mol. The van der Waals surface area contributed by atoms with Gasteiger partial charge < -0.3 is 10.6 Å². The van der Waals surface area contributed by atoms with Crippen molar-refractivity contribution in [3.05, 3.63) is 53.3 Å². The van der Waals surface area contributed by atoms with Crippen LogP contribution in [0.1, 0.15) is 0 Å². The molecule has 1 heterocycles. The average molecular weight is 291 g/mol. The molecule has 2 N–H and O–H groups in total. The highest BCUT2D eigenvalue weighted by atomic mass is 35.5. The second-order valence-corrected chi connectivity index (χ2v) is 5.00. The largest absolute Gasteiger partial charge is 0.322 e. The van der Waals surface area contributed by atoms with Crippen molar-refractivity contribution in [2.45, 2.75) is 6.04 Å². The van der Waals surface area contributed by atoms with Crippen LogP contribution in [-0.4, -0.2) is 18.5 Å². The Hall–Kier alpha value is -1.91. The lowest BCUT2D eigenvalue weighted by molar-refractivity contribution is -0.115. The van der Waals surface area contributed by atoms with Gasteiger partial charge in [-0.3, -0.25) is 4.79 Å². The molecule has 0 spiro atoms. The van der Waals surface area contributed by atoms with Gasteiger partial charge in [-0.2, -0.15) is 0 Å². The van der Waals surface area contributed by atoms with Crippen LogP contribution in [0.4, 0.5) is 10.1 Å². The van der Waals surface area contributed by atoms with Crippen molar-refractivity contribution < 1.29 is 9.18 Å². The topological polar surface area (TPSA) is 51.0 Å². The highest BCUT2D eigenvalue weighted by molar-refractivity contribution is 6.33. The molecule has 20 heavy (non-hydrogen) atoms. The van der Waals surface area contributed by atoms with E-state index in [1.54, 1.807) is 36.4 Å². The maximum atomic E-state index is 14.5. The summed E-state index contributed by atoms with van der Waals surface area (Å²) in [6.07, 6.45) is 0. The van der Waals surface area contributed by atoms with E-state index in [1.807, 2.05) is 0 Å². The molecule has 2 aromatic carbocycles. The van der Waals surface area contributed by atoms with Gasteiger partial charge in [0.25, 0.3) is 0 Å². The van der Waals surface area contributed by atoms with E-state index in [9.17, 15) is 9.18 Å². The Kier molecular flexibility index (Phi) is 3.42. The molecule has 3 rings (SSSR count). The van der Waals surface area contributed by atoms with E-state index in [1.165, 1.54) is 6.07 Å². The van der Waals surface area contributed by atoms with Crippen LogP contribution >= 0.6 is 11.6 Å². The fraction of sp³-hybridized carbons (Fsp3) is 0.133. The number of anilines is 1. The van der Waals surface area contributed by atoms with Crippen LogP contribution in [0.15, 0.2) is 42.5 Å². The maximum absolute atomic E-state index is 14.5. The molecular weight excluding hydrogens is 279 g/mol. The SMILES string of the molecule is O=C(Nc1cccc(-c2ccccc2Cl)c1F)[C@@H]1CN1. The van der Waals surface area contributed by atoms with Gasteiger partial charge in [0, 0.05) is 22.7 Å². The van der Waals surface area contributed by atoms with Crippen LogP contribution in [0, 0.1) is 5.82 Å². The number of nitrogens with one attached hydrogen (secondary N) is 2. The number of carbonyl (C=O) groups excluding carboxylic acids is 1. The summed E-state index contributed by atoms with van der Waals surface area (Å²) in [4.78, 5) is 11.7. The molecule has 1 aliphatic heterocycles. The Labute approximate surface area is 120 Å². The Morgan fingerprint density at radius 1 is 1.20 bits per heavy atom. The molecule has 3 nitrogen and oxygen atoms in total. The lowest BCUT2D eigenvalue weighted by Crippen LogP contribution is -2.20. The summed E-state index contributed by atoms with van der Waals surface area (Å²) in [5.74, 6) is -0.699. The highest BCUT2D eigenvalue weighted by Gasteiger charge is 2.29. The summed E-state index contributed by atoms with van der Waals surface area (Å²) in [7, 11) is 0. The lowest BCUT2D eigenvalue weighted by Gasteiger charge is -2.10. The number of carbonyl (C=O) groups is 1. The smallest absolute Gasteiger partial charge is 0.242 e. The van der Waals surface area contributed by atoms with Crippen LogP contribution in [0.3, 0.4) is 0 Å². The van der Waals surface area contributed by atoms with Crippen molar-refractivity contribution in [1.29, 1.82) is 0 Å². The molecule has 1 fully saturated rings. The van der Waals surface area contributed by atoms with Gasteiger partial charge in [0.05, 0.1) is 11.7 Å². The molecule has 1 aliphatic rings. The molecule has 0 saturated carbocycles. The summed E-state index contributed by atoms with van der Waals surface area (Å²) in [6.45, 7) is 0.637. The fourth-order valence-corrected chi connectivity index (χ4v) is 2.22. The van der Waals surface area contributed by atoms with Crippen LogP contribution in [0.2, 0.25) is 5.02 Å². The van der Waals surface area contributed by atoms with Crippen molar-refractivity contribution in [3.63, 3.8) is 0 Å². The zero-order valence-electron chi connectivity index (χ0n) is 10.5. The Bertz CT molecular complexity index is 671. The molecule has 0 aliphatic carbocycles. The van der Waals surface area contributed by atoms with Crippen molar-refractivity contribution in [1.82, 2.24) is 5.32 Å². The summed E-state index contributed by atoms with van der Waals surface area (Å²) >= 11 is 6.09. The molecule has 102 valence electrons. The molecule has 0 radical (unpaired) electrons. The first-order valence-corrected chi connectivity index (χ1v) is 6.62. The number of benzene rings is 2. The quantitative estimate of drug-likeness (QED) is 0.854. The van der Waals surface area contributed by atoms with Crippen LogP contribution < -0.4 is 10.6 Å². The van der Waals surface area contributed by atoms with Gasteiger partial charge in [-0.15, -0.1) is 0 Å². The number of halogens is 2. The van der Waals surface area contributed by atoms with Gasteiger partial charge in [-0.1, -0.05) is 41.9 Å². The van der Waals surface area contributed by atoms with Gasteiger partial charge >= 0.3 is 0 Å². The minimum Gasteiger partial charge on any atom is -0.322 e. The Balaban J connectivity index is 1.96. The van der Waals surface area contributed by atoms with Crippen molar-refractivity contribution in [2.24, 2.45) is 0 Å². The standard InChI is InChI=1S/C15H12ClFN2O/c16-11-6-2-1-4-9(11)10-5-3-7-12(14(10)17)19-15(20)13-8-18-13/h1-7,13,18H,8H2,(H,19,20)/t13-/m0/s1. The molecular formula is C15H12ClFN2O. The zero-order valence-corrected chi connectivity index (χ0v) is 11.2. The minimum atomic E-state index is -0.477. The second kappa shape index (κ2) is 5.23. The zero-order chi connectivity index (χ0) is 14.1. The summed E-state index contributed by atoms with van der Waals surface area (Å²) in [5, 5.41) is 5.93. The molecule has 1 amide bonds. The number of hydrogen-bond donors (Lipinski definition) is 2. The maximum Gasteiger partial charge on any atom is 0.242 e. The third kappa shape index (κ3) is 2.53. The predicted octanol–water partition coefficient (Wildman–Crippen LogP) is 3.06. The van der Waals surface area contributed by atoms with E-state index in [0.29, 0.717) is 22.7 Å². The van der Waals surface area contributed by atoms with E-state index in [0.717, 1.165) is 0 Å². The van der Waals surface area contributed by atoms with Crippen LogP contribution in [-0.2, 0) is 4.79 Å². The first-order valence-electron chi connectivity index (χ1n) is 6.24. The first-order chi connectivity index (χ1) is 9.66. The van der Waals surface area contributed by atoms with Gasteiger partial charge in [-0.25, -0.2) is 4.39 Å². The van der Waals surface area contributed by atoms with Crippen molar-refractivity contribution >= 4 is 23.2 Å². The molecule has 0 bridgehead atoms. The van der Waals surface area contributed by atoms with Crippen LogP contribution in [0.5, 0.6) is 0 Å². The average Bonchev–Trinajstić information content (AvgIpc) is 3.26. The second-order valence-electron chi connectivity index (χ2n) is 4.60. The first kappa shape index (κ1) is 13.1. The summed E-state index contributed by atoms with van der Waals surface area (Å²) < 4.78 is 14.5. The molecule has 0 aromatic heterocycles. The molecule has 1 atom stereocenters. The number of hydrogen-bond acceptors (Lipinski definition) is 2. The minimum absolute atomic E-state index is 0.168. The number of rotatable bonds is 3. The van der Waals surface area contributed by atoms with E-state index in [2.05, 4.69) is 10.6 Å². The lowest BCUT2D eigenvalue weighted by atomic mass is 10.0. The third-order valence-electron chi connectivity index (χ3n) is 3.15.